The third-order valence-electron chi connectivity index (χ3n) is 4.56. The molecular formula is C18H21F3O2. The lowest BCUT2D eigenvalue weighted by atomic mass is 9.77. The summed E-state index contributed by atoms with van der Waals surface area (Å²) in [5.74, 6) is -0.00162. The van der Waals surface area contributed by atoms with Crippen LogP contribution in [0.25, 0.3) is 0 Å². The molecule has 1 aliphatic rings. The summed E-state index contributed by atoms with van der Waals surface area (Å²) in [5, 5.41) is 8.52. The van der Waals surface area contributed by atoms with Gasteiger partial charge in [0.25, 0.3) is 0 Å². The number of alkyl halides is 3. The van der Waals surface area contributed by atoms with Gasteiger partial charge >= 0.3 is 12.1 Å². The minimum atomic E-state index is -4.28. The van der Waals surface area contributed by atoms with Gasteiger partial charge in [-0.25, -0.2) is 4.79 Å². The molecule has 1 aliphatic carbocycles. The summed E-state index contributed by atoms with van der Waals surface area (Å²) in [6.45, 7) is 0. The van der Waals surface area contributed by atoms with Gasteiger partial charge in [0.15, 0.2) is 0 Å². The Kier molecular flexibility index (Phi) is 5.85. The van der Waals surface area contributed by atoms with Gasteiger partial charge in [-0.05, 0) is 68.1 Å². The van der Waals surface area contributed by atoms with Crippen molar-refractivity contribution in [2.45, 2.75) is 50.6 Å². The third kappa shape index (κ3) is 5.41. The van der Waals surface area contributed by atoms with E-state index < -0.39 is 17.7 Å². The van der Waals surface area contributed by atoms with Gasteiger partial charge in [-0.3, -0.25) is 0 Å². The summed E-state index contributed by atoms with van der Waals surface area (Å²) >= 11 is 0. The minimum absolute atomic E-state index is 0.336. The highest BCUT2D eigenvalue weighted by Crippen LogP contribution is 2.38. The molecule has 1 aromatic rings. The van der Waals surface area contributed by atoms with Crippen LogP contribution in [0, 0.1) is 5.92 Å². The van der Waals surface area contributed by atoms with Gasteiger partial charge in [-0.15, -0.1) is 0 Å². The number of hydrogen-bond donors (Lipinski definition) is 1. The SMILES string of the molecule is O=C(O)/C=C/CCC1CCC(c2ccc(C(F)(F)F)cc2)CC1. The van der Waals surface area contributed by atoms with Crippen LogP contribution in [-0.2, 0) is 11.0 Å². The summed E-state index contributed by atoms with van der Waals surface area (Å²) in [6, 6.07) is 5.53. The number of carboxylic acids is 1. The van der Waals surface area contributed by atoms with E-state index in [1.807, 2.05) is 0 Å². The quantitative estimate of drug-likeness (QED) is 0.736. The maximum Gasteiger partial charge on any atom is 0.416 e. The molecule has 0 radical (unpaired) electrons. The first-order valence-corrected chi connectivity index (χ1v) is 7.93. The molecule has 126 valence electrons. The van der Waals surface area contributed by atoms with Crippen LogP contribution >= 0.6 is 0 Å². The number of carboxylic acid groups (broad SMARTS) is 1. The first-order valence-electron chi connectivity index (χ1n) is 7.93. The number of allylic oxidation sites excluding steroid dienone is 1. The molecule has 0 spiro atoms. The Bertz CT molecular complexity index is 538. The van der Waals surface area contributed by atoms with Crippen LogP contribution in [0.4, 0.5) is 13.2 Å². The van der Waals surface area contributed by atoms with Gasteiger partial charge in [-0.1, -0.05) is 18.2 Å². The lowest BCUT2D eigenvalue weighted by Crippen LogP contribution is -2.13. The summed E-state index contributed by atoms with van der Waals surface area (Å²) in [7, 11) is 0. The van der Waals surface area contributed by atoms with E-state index in [9.17, 15) is 18.0 Å². The average molecular weight is 326 g/mol. The van der Waals surface area contributed by atoms with Gasteiger partial charge in [0.05, 0.1) is 5.56 Å². The van der Waals surface area contributed by atoms with Crippen molar-refractivity contribution < 1.29 is 23.1 Å². The van der Waals surface area contributed by atoms with Crippen LogP contribution in [0.3, 0.4) is 0 Å². The Morgan fingerprint density at radius 3 is 2.26 bits per heavy atom. The van der Waals surface area contributed by atoms with Crippen LogP contribution in [0.15, 0.2) is 36.4 Å². The molecule has 0 atom stereocenters. The third-order valence-corrected chi connectivity index (χ3v) is 4.56. The Morgan fingerprint density at radius 1 is 1.13 bits per heavy atom. The Balaban J connectivity index is 1.81. The Labute approximate surface area is 134 Å². The molecule has 5 heteroatoms. The van der Waals surface area contributed by atoms with E-state index in [1.165, 1.54) is 6.08 Å². The van der Waals surface area contributed by atoms with E-state index in [0.717, 1.165) is 56.2 Å². The molecule has 0 amide bonds. The molecule has 0 aromatic heterocycles. The number of rotatable bonds is 5. The smallest absolute Gasteiger partial charge is 0.416 e. The van der Waals surface area contributed by atoms with Crippen molar-refractivity contribution in [2.75, 3.05) is 0 Å². The molecule has 0 unspecified atom stereocenters. The fraction of sp³-hybridized carbons (Fsp3) is 0.500. The Hall–Kier alpha value is -1.78. The largest absolute Gasteiger partial charge is 0.478 e. The summed E-state index contributed by atoms with van der Waals surface area (Å²) < 4.78 is 37.7. The predicted octanol–water partition coefficient (Wildman–Crippen LogP) is 5.40. The van der Waals surface area contributed by atoms with Crippen molar-refractivity contribution in [3.8, 4) is 0 Å². The van der Waals surface area contributed by atoms with E-state index in [0.29, 0.717) is 11.8 Å². The average Bonchev–Trinajstić information content (AvgIpc) is 2.51. The van der Waals surface area contributed by atoms with Crippen LogP contribution in [0.5, 0.6) is 0 Å². The number of halogens is 3. The van der Waals surface area contributed by atoms with Crippen molar-refractivity contribution in [3.63, 3.8) is 0 Å². The molecular weight excluding hydrogens is 305 g/mol. The van der Waals surface area contributed by atoms with Crippen molar-refractivity contribution in [3.05, 3.63) is 47.5 Å². The molecule has 0 heterocycles. The molecule has 1 aromatic carbocycles. The highest BCUT2D eigenvalue weighted by molar-refractivity contribution is 5.79. The van der Waals surface area contributed by atoms with Crippen molar-refractivity contribution in [2.24, 2.45) is 5.92 Å². The topological polar surface area (TPSA) is 37.3 Å². The van der Waals surface area contributed by atoms with Crippen molar-refractivity contribution in [1.29, 1.82) is 0 Å². The van der Waals surface area contributed by atoms with Gasteiger partial charge in [0.1, 0.15) is 0 Å². The second-order valence-corrected chi connectivity index (χ2v) is 6.16. The van der Waals surface area contributed by atoms with Crippen LogP contribution < -0.4 is 0 Å². The van der Waals surface area contributed by atoms with E-state index in [1.54, 1.807) is 18.2 Å². The van der Waals surface area contributed by atoms with Crippen molar-refractivity contribution >= 4 is 5.97 Å². The monoisotopic (exact) mass is 326 g/mol. The van der Waals surface area contributed by atoms with Crippen LogP contribution in [-0.4, -0.2) is 11.1 Å². The predicted molar refractivity (Wildman–Crippen MR) is 82.2 cm³/mol. The minimum Gasteiger partial charge on any atom is -0.478 e. The first-order chi connectivity index (χ1) is 10.9. The summed E-state index contributed by atoms with van der Waals surface area (Å²) in [5.41, 5.74) is 0.391. The normalized spacial score (nSPS) is 22.4. The second kappa shape index (κ2) is 7.66. The fourth-order valence-electron chi connectivity index (χ4n) is 3.24. The zero-order valence-corrected chi connectivity index (χ0v) is 12.9. The Morgan fingerprint density at radius 2 is 1.74 bits per heavy atom. The first kappa shape index (κ1) is 17.6. The highest BCUT2D eigenvalue weighted by atomic mass is 19.4. The highest BCUT2D eigenvalue weighted by Gasteiger charge is 2.30. The maximum atomic E-state index is 12.6. The van der Waals surface area contributed by atoms with Crippen LogP contribution in [0.1, 0.15) is 55.6 Å². The van der Waals surface area contributed by atoms with Gasteiger partial charge in [-0.2, -0.15) is 13.2 Å². The van der Waals surface area contributed by atoms with Gasteiger partial charge < -0.3 is 5.11 Å². The zero-order valence-electron chi connectivity index (χ0n) is 12.9. The molecule has 2 rings (SSSR count). The summed E-state index contributed by atoms with van der Waals surface area (Å²) in [6.07, 6.45) is 4.39. The van der Waals surface area contributed by atoms with Crippen molar-refractivity contribution in [1.82, 2.24) is 0 Å². The van der Waals surface area contributed by atoms with E-state index >= 15 is 0 Å². The van der Waals surface area contributed by atoms with E-state index in [2.05, 4.69) is 0 Å². The lowest BCUT2D eigenvalue weighted by Gasteiger charge is -2.28. The molecule has 1 saturated carbocycles. The molecule has 0 aliphatic heterocycles. The molecule has 23 heavy (non-hydrogen) atoms. The number of hydrogen-bond acceptors (Lipinski definition) is 1. The fourth-order valence-corrected chi connectivity index (χ4v) is 3.24. The number of carbonyl (C=O) groups is 1. The number of aliphatic carboxylic acids is 1. The van der Waals surface area contributed by atoms with Gasteiger partial charge in [0, 0.05) is 6.08 Å². The molecule has 2 nitrogen and oxygen atoms in total. The zero-order chi connectivity index (χ0) is 16.9. The standard InChI is InChI=1S/C18H21F3O2/c19-18(20,21)16-11-9-15(10-12-16)14-7-5-13(6-8-14)3-1-2-4-17(22)23/h2,4,9-14H,1,3,5-8H2,(H,22,23)/b4-2+. The molecule has 0 saturated heterocycles. The lowest BCUT2D eigenvalue weighted by molar-refractivity contribution is -0.137. The molecule has 0 bridgehead atoms. The van der Waals surface area contributed by atoms with Crippen LogP contribution in [0.2, 0.25) is 0 Å². The van der Waals surface area contributed by atoms with E-state index in [4.69, 9.17) is 5.11 Å². The summed E-state index contributed by atoms with van der Waals surface area (Å²) in [4.78, 5) is 10.4. The second-order valence-electron chi connectivity index (χ2n) is 6.16. The molecule has 1 N–H and O–H groups in total. The number of benzene rings is 1. The maximum absolute atomic E-state index is 12.6. The van der Waals surface area contributed by atoms with E-state index in [-0.39, 0.29) is 0 Å². The molecule has 1 fully saturated rings. The van der Waals surface area contributed by atoms with Gasteiger partial charge in [0.2, 0.25) is 0 Å².